The minimum Gasteiger partial charge on any atom is -1.00 e. The Morgan fingerprint density at radius 1 is 0.413 bits per heavy atom. The molecule has 1 saturated heterocycles. The molecule has 3 aliphatic rings. The van der Waals surface area contributed by atoms with Crippen LogP contribution in [0.5, 0.6) is 0 Å². The van der Waals surface area contributed by atoms with E-state index >= 15 is 0 Å². The van der Waals surface area contributed by atoms with Gasteiger partial charge in [0.2, 0.25) is 0 Å². The van der Waals surface area contributed by atoms with Gasteiger partial charge in [0.25, 0.3) is 0 Å². The molecule has 7 rings (SSSR count). The van der Waals surface area contributed by atoms with Crippen LogP contribution >= 0.6 is 0 Å². The molecule has 0 aromatic heterocycles. The second-order valence-electron chi connectivity index (χ2n) is 25.0. The summed E-state index contributed by atoms with van der Waals surface area (Å²) < 4.78 is 4.13. The minimum atomic E-state index is -3.14. The zero-order chi connectivity index (χ0) is 45.4. The van der Waals surface area contributed by atoms with E-state index in [1.165, 1.54) is 75.0 Å². The van der Waals surface area contributed by atoms with Crippen molar-refractivity contribution >= 4 is 12.2 Å². The number of allylic oxidation sites excluding steroid dienone is 2. The topological polar surface area (TPSA) is 0 Å². The molecule has 0 amide bonds. The maximum atomic E-state index is 2.76. The van der Waals surface area contributed by atoms with Crippen molar-refractivity contribution in [3.8, 4) is 22.3 Å². The number of hydrogen-bond donors (Lipinski definition) is 0. The van der Waals surface area contributed by atoms with E-state index < -0.39 is 20.3 Å². The van der Waals surface area contributed by atoms with Gasteiger partial charge in [0.05, 0.1) is 0 Å². The van der Waals surface area contributed by atoms with E-state index in [1.54, 1.807) is 44.5 Å². The number of benzene rings is 4. The summed E-state index contributed by atoms with van der Waals surface area (Å²) in [5.41, 5.74) is 31.0. The third kappa shape index (κ3) is 8.79. The molecule has 340 valence electrons. The summed E-state index contributed by atoms with van der Waals surface area (Å²) in [6.07, 6.45) is 5.52. The average molecular weight is 965 g/mol. The Morgan fingerprint density at radius 3 is 0.905 bits per heavy atom. The third-order valence-corrected chi connectivity index (χ3v) is 28.8. The Hall–Kier alpha value is -2.18. The summed E-state index contributed by atoms with van der Waals surface area (Å²) in [5.74, 6) is 1.01. The molecule has 4 aromatic carbocycles. The average Bonchev–Trinajstić information content (AvgIpc) is 3.66. The van der Waals surface area contributed by atoms with Crippen molar-refractivity contribution in [2.75, 3.05) is 0 Å². The Kier molecular flexibility index (Phi) is 14.1. The van der Waals surface area contributed by atoms with Crippen LogP contribution in [0.25, 0.3) is 34.4 Å². The van der Waals surface area contributed by atoms with Crippen molar-refractivity contribution in [2.24, 2.45) is 11.8 Å². The number of rotatable bonds is 6. The number of hydrogen-bond acceptors (Lipinski definition) is 0. The van der Waals surface area contributed by atoms with Gasteiger partial charge in [0.1, 0.15) is 0 Å². The fourth-order valence-corrected chi connectivity index (χ4v) is 30.0. The maximum absolute atomic E-state index is 3.14. The van der Waals surface area contributed by atoms with Crippen LogP contribution < -0.4 is 24.8 Å². The van der Waals surface area contributed by atoms with E-state index in [2.05, 4.69) is 201 Å². The Labute approximate surface area is 403 Å². The molecule has 0 nitrogen and oxygen atoms in total. The van der Waals surface area contributed by atoms with E-state index in [0.29, 0.717) is 19.1 Å². The fourth-order valence-electron chi connectivity index (χ4n) is 11.4. The second kappa shape index (κ2) is 17.2. The predicted molar refractivity (Wildman–Crippen MR) is 268 cm³/mol. The summed E-state index contributed by atoms with van der Waals surface area (Å²) in [7, 11) is 0. The summed E-state index contributed by atoms with van der Waals surface area (Å²) in [6, 6.07) is 15.2. The summed E-state index contributed by atoms with van der Waals surface area (Å²) in [5, 5.41) is 0. The molecule has 3 heteroatoms. The standard InChI is InChI=1S/2C29H39.C2H4.2ClH.Zr/c2*1-17(2)21-14-25-19(4)18(3)20(5)27(26(25)15-21)22-12-23(28(6,7)8)16-24(13-22)29(9,10)11;1-2;;;/h2*12-17H,1-11H3;1-2H2;2*1H;/q;;;;;+2/p-2. The molecule has 4 aromatic rings. The largest absolute Gasteiger partial charge is 1.00 e. The molecule has 0 N–H and O–H groups in total. The van der Waals surface area contributed by atoms with Gasteiger partial charge in [0.15, 0.2) is 0 Å². The second-order valence-corrected chi connectivity index (χ2v) is 36.3. The first-order valence-corrected chi connectivity index (χ1v) is 30.3. The minimum absolute atomic E-state index is 0. The smallest absolute Gasteiger partial charge is 1.00 e. The van der Waals surface area contributed by atoms with E-state index in [0.717, 1.165) is 0 Å². The molecule has 1 fully saturated rings. The van der Waals surface area contributed by atoms with Crippen LogP contribution in [0.4, 0.5) is 0 Å². The Bertz CT molecular complexity index is 2280. The van der Waals surface area contributed by atoms with Crippen molar-refractivity contribution < 1.29 is 45.1 Å². The first kappa shape index (κ1) is 51.8. The molecule has 0 spiro atoms. The molecule has 0 saturated carbocycles. The SMILES string of the molecule is Cc1c(C)c(-c2cc(C(C)(C)C)cc(C(C)(C)C)c2)c2c(c1C)[CH]([Zr+2]1([CH]3C(C(C)C)=Cc4c(-c5cc(C(C)(C)C)cc(C(C)(C)C)c5)c(C)c(C)c(C)c43)[CH2][CH2]1)C(C(C)C)=C2.[Cl-].[Cl-]. The van der Waals surface area contributed by atoms with Crippen LogP contribution in [0.3, 0.4) is 0 Å². The summed E-state index contributed by atoms with van der Waals surface area (Å²) in [6.45, 7) is 53.4. The van der Waals surface area contributed by atoms with Gasteiger partial charge < -0.3 is 24.8 Å². The zero-order valence-corrected chi connectivity index (χ0v) is 47.6. The number of fused-ring (bicyclic) bond motifs is 2. The molecule has 0 bridgehead atoms. The number of halogens is 2. The van der Waals surface area contributed by atoms with Gasteiger partial charge in [-0.15, -0.1) is 0 Å². The first-order chi connectivity index (χ1) is 27.9. The first-order valence-electron chi connectivity index (χ1n) is 23.9. The van der Waals surface area contributed by atoms with Gasteiger partial charge >= 0.3 is 381 Å². The van der Waals surface area contributed by atoms with Crippen LogP contribution in [0.1, 0.15) is 196 Å². The molecular weight excluding hydrogens is 883 g/mol. The van der Waals surface area contributed by atoms with Gasteiger partial charge in [-0.25, -0.2) is 0 Å². The quantitative estimate of drug-likeness (QED) is 0.181. The van der Waals surface area contributed by atoms with Gasteiger partial charge in [-0.05, 0) is 0 Å². The van der Waals surface area contributed by atoms with E-state index in [-0.39, 0.29) is 46.5 Å². The predicted octanol–water partition coefficient (Wildman–Crippen LogP) is 12.0. The van der Waals surface area contributed by atoms with Crippen LogP contribution in [-0.4, -0.2) is 0 Å². The fraction of sp³-hybridized carbons (Fsp3) is 0.533. The molecular formula is C60H82Cl2Zr. The maximum Gasteiger partial charge on any atom is -1.00 e. The van der Waals surface area contributed by atoms with Gasteiger partial charge in [-0.1, -0.05) is 0 Å². The molecule has 2 aliphatic carbocycles. The van der Waals surface area contributed by atoms with Gasteiger partial charge in [-0.3, -0.25) is 0 Å². The monoisotopic (exact) mass is 962 g/mol. The molecule has 0 radical (unpaired) electrons. The van der Waals surface area contributed by atoms with Crippen molar-refractivity contribution in [2.45, 2.75) is 189 Å². The van der Waals surface area contributed by atoms with Crippen molar-refractivity contribution in [3.05, 3.63) is 125 Å². The van der Waals surface area contributed by atoms with Crippen LogP contribution in [0, 0.1) is 53.4 Å². The molecule has 2 unspecified atom stereocenters. The van der Waals surface area contributed by atoms with E-state index in [4.69, 9.17) is 0 Å². The van der Waals surface area contributed by atoms with Crippen molar-refractivity contribution in [1.82, 2.24) is 0 Å². The van der Waals surface area contributed by atoms with E-state index in [1.807, 2.05) is 0 Å². The third-order valence-electron chi connectivity index (χ3n) is 16.0. The zero-order valence-electron chi connectivity index (χ0n) is 43.6. The van der Waals surface area contributed by atoms with Gasteiger partial charge in [-0.2, -0.15) is 0 Å². The van der Waals surface area contributed by atoms with Crippen LogP contribution in [-0.2, 0) is 41.9 Å². The normalized spacial score (nSPS) is 17.7. The van der Waals surface area contributed by atoms with Crippen LogP contribution in [0.15, 0.2) is 47.5 Å². The molecule has 1 aliphatic heterocycles. The molecule has 2 atom stereocenters. The van der Waals surface area contributed by atoms with Crippen LogP contribution in [0.2, 0.25) is 8.26 Å². The van der Waals surface area contributed by atoms with E-state index in [9.17, 15) is 0 Å². The van der Waals surface area contributed by atoms with Crippen molar-refractivity contribution in [1.29, 1.82) is 0 Å². The van der Waals surface area contributed by atoms with Crippen molar-refractivity contribution in [3.63, 3.8) is 0 Å². The summed E-state index contributed by atoms with van der Waals surface area (Å²) >= 11 is -3.14. The Morgan fingerprint density at radius 2 is 0.683 bits per heavy atom. The Balaban J connectivity index is 0.00000374. The van der Waals surface area contributed by atoms with Gasteiger partial charge in [0, 0.05) is 0 Å². The summed E-state index contributed by atoms with van der Waals surface area (Å²) in [4.78, 5) is 0. The molecule has 1 heterocycles. The molecule has 63 heavy (non-hydrogen) atoms.